The average molecular weight is 465 g/mol. The molecule has 1 unspecified atom stereocenters. The molecule has 2 aromatic carbocycles. The first-order chi connectivity index (χ1) is 15.8. The van der Waals surface area contributed by atoms with Gasteiger partial charge in [-0.25, -0.2) is 13.6 Å². The van der Waals surface area contributed by atoms with Crippen LogP contribution in [0, 0.1) is 23.0 Å². The van der Waals surface area contributed by atoms with Crippen molar-refractivity contribution in [2.75, 3.05) is 6.61 Å². The van der Waals surface area contributed by atoms with Gasteiger partial charge in [-0.05, 0) is 48.4 Å². The summed E-state index contributed by atoms with van der Waals surface area (Å²) in [6.07, 6.45) is 1.55. The lowest BCUT2D eigenvalue weighted by molar-refractivity contribution is -0.138. The van der Waals surface area contributed by atoms with Gasteiger partial charge in [0.15, 0.2) is 0 Å². The van der Waals surface area contributed by atoms with Crippen LogP contribution < -0.4 is 20.5 Å². The summed E-state index contributed by atoms with van der Waals surface area (Å²) in [6.45, 7) is 1.68. The fourth-order valence-corrected chi connectivity index (χ4v) is 4.79. The molecule has 0 radical (unpaired) electrons. The normalized spacial score (nSPS) is 15.9. The van der Waals surface area contributed by atoms with Gasteiger partial charge in [0.25, 0.3) is 5.56 Å². The molecule has 0 aliphatic carbocycles. The molecule has 33 heavy (non-hydrogen) atoms. The number of halogens is 2. The third kappa shape index (κ3) is 3.97. The van der Waals surface area contributed by atoms with E-state index in [1.54, 1.807) is 13.0 Å². The molecule has 0 amide bonds. The van der Waals surface area contributed by atoms with Gasteiger partial charge in [-0.15, -0.1) is 11.3 Å². The monoisotopic (exact) mass is 465 g/mol. The molecule has 6 nitrogen and oxygen atoms in total. The summed E-state index contributed by atoms with van der Waals surface area (Å²) in [5.74, 6) is -2.76. The second-order valence-electron chi connectivity index (χ2n) is 7.14. The average Bonchev–Trinajstić information content (AvgIpc) is 3.12. The number of ether oxygens (including phenoxy) is 1. The molecule has 0 spiro atoms. The highest BCUT2D eigenvalue weighted by Gasteiger charge is 2.36. The third-order valence-electron chi connectivity index (χ3n) is 5.14. The number of hydrogen-bond acceptors (Lipinski definition) is 6. The van der Waals surface area contributed by atoms with Gasteiger partial charge in [-0.2, -0.15) is 5.26 Å². The van der Waals surface area contributed by atoms with E-state index in [0.717, 1.165) is 15.9 Å². The number of thiazole rings is 1. The summed E-state index contributed by atoms with van der Waals surface area (Å²) in [5, 5.41) is 10.0. The van der Waals surface area contributed by atoms with E-state index >= 15 is 0 Å². The first kappa shape index (κ1) is 22.2. The summed E-state index contributed by atoms with van der Waals surface area (Å²) in [4.78, 5) is 26.1. The van der Waals surface area contributed by atoms with E-state index in [1.165, 1.54) is 48.5 Å². The van der Waals surface area contributed by atoms with E-state index in [4.69, 9.17) is 10.5 Å². The SMILES string of the molecule is CCOC(=O)C1=C(N)n2c(s/c(=C\c3ccc(F)cc3)c2=O)=C(C#N)C1c1ccc(F)cc1. The number of fused-ring (bicyclic) bond motifs is 1. The van der Waals surface area contributed by atoms with Crippen LogP contribution in [0.4, 0.5) is 8.78 Å². The minimum absolute atomic E-state index is 0.0582. The van der Waals surface area contributed by atoms with Crippen LogP contribution in [0.1, 0.15) is 24.0 Å². The molecule has 0 saturated carbocycles. The summed E-state index contributed by atoms with van der Waals surface area (Å²) >= 11 is 1.03. The molecule has 9 heteroatoms. The van der Waals surface area contributed by atoms with Crippen molar-refractivity contribution in [1.29, 1.82) is 5.26 Å². The Kier molecular flexibility index (Phi) is 5.94. The Balaban J connectivity index is 2.05. The highest BCUT2D eigenvalue weighted by molar-refractivity contribution is 7.07. The zero-order valence-corrected chi connectivity index (χ0v) is 18.2. The van der Waals surface area contributed by atoms with Crippen molar-refractivity contribution in [3.63, 3.8) is 0 Å². The van der Waals surface area contributed by atoms with Crippen molar-refractivity contribution in [2.24, 2.45) is 5.73 Å². The lowest BCUT2D eigenvalue weighted by Gasteiger charge is -2.25. The summed E-state index contributed by atoms with van der Waals surface area (Å²) < 4.78 is 33.6. The molecule has 0 fully saturated rings. The van der Waals surface area contributed by atoms with Crippen LogP contribution in [0.5, 0.6) is 0 Å². The largest absolute Gasteiger partial charge is 0.463 e. The zero-order valence-electron chi connectivity index (χ0n) is 17.3. The minimum atomic E-state index is -0.939. The van der Waals surface area contributed by atoms with Gasteiger partial charge >= 0.3 is 5.97 Å². The number of nitrogens with zero attached hydrogens (tertiary/aromatic N) is 2. The number of aromatic nitrogens is 1. The summed E-state index contributed by atoms with van der Waals surface area (Å²) in [6, 6.07) is 13.0. The third-order valence-corrected chi connectivity index (χ3v) is 6.24. The van der Waals surface area contributed by atoms with Crippen molar-refractivity contribution < 1.29 is 18.3 Å². The van der Waals surface area contributed by atoms with E-state index in [0.29, 0.717) is 11.1 Å². The number of nitrogens with two attached hydrogens (primary N) is 1. The molecule has 0 saturated heterocycles. The van der Waals surface area contributed by atoms with Crippen molar-refractivity contribution in [1.82, 2.24) is 4.57 Å². The molecular weight excluding hydrogens is 448 g/mol. The van der Waals surface area contributed by atoms with Crippen molar-refractivity contribution in [3.05, 3.63) is 96.4 Å². The van der Waals surface area contributed by atoms with Crippen LogP contribution in [0.3, 0.4) is 0 Å². The van der Waals surface area contributed by atoms with Gasteiger partial charge in [0.05, 0.1) is 34.3 Å². The zero-order chi connectivity index (χ0) is 23.7. The standard InChI is InChI=1S/C24H17F2N3O3S/c1-2-32-24(31)20-19(14-5-9-16(26)10-6-14)17(12-27)23-29(21(20)28)22(30)18(33-23)11-13-3-7-15(25)8-4-13/h3-11,19H,2,28H2,1H3/b18-11-. The predicted molar refractivity (Wildman–Crippen MR) is 120 cm³/mol. The van der Waals surface area contributed by atoms with Crippen LogP contribution in [0.2, 0.25) is 0 Å². The maximum absolute atomic E-state index is 13.5. The number of nitriles is 1. The first-order valence-corrected chi connectivity index (χ1v) is 10.7. The van der Waals surface area contributed by atoms with E-state index in [9.17, 15) is 23.6 Å². The Bertz CT molecular complexity index is 1490. The van der Waals surface area contributed by atoms with E-state index in [-0.39, 0.29) is 32.8 Å². The summed E-state index contributed by atoms with van der Waals surface area (Å²) in [5.41, 5.74) is 6.86. The maximum Gasteiger partial charge on any atom is 0.338 e. The molecule has 0 bridgehead atoms. The van der Waals surface area contributed by atoms with Gasteiger partial charge in [0, 0.05) is 0 Å². The highest BCUT2D eigenvalue weighted by atomic mass is 32.1. The Morgan fingerprint density at radius 3 is 2.36 bits per heavy atom. The molecular formula is C24H17F2N3O3S. The van der Waals surface area contributed by atoms with E-state index in [2.05, 4.69) is 6.07 Å². The van der Waals surface area contributed by atoms with E-state index < -0.39 is 29.1 Å². The molecule has 1 atom stereocenters. The van der Waals surface area contributed by atoms with Gasteiger partial charge < -0.3 is 10.5 Å². The van der Waals surface area contributed by atoms with Crippen LogP contribution >= 0.6 is 11.3 Å². The fourth-order valence-electron chi connectivity index (χ4n) is 3.66. The van der Waals surface area contributed by atoms with E-state index in [1.807, 2.05) is 0 Å². The number of esters is 1. The molecule has 166 valence electrons. The Labute approximate surface area is 190 Å². The topological polar surface area (TPSA) is 98.1 Å². The number of hydrogen-bond donors (Lipinski definition) is 1. The smallest absolute Gasteiger partial charge is 0.338 e. The molecule has 1 aromatic heterocycles. The fraction of sp³-hybridized carbons (Fsp3) is 0.125. The molecule has 4 rings (SSSR count). The Morgan fingerprint density at radius 1 is 1.18 bits per heavy atom. The number of carbonyl (C=O) groups is 1. The number of rotatable bonds is 4. The van der Waals surface area contributed by atoms with Crippen LogP contribution in [-0.4, -0.2) is 17.1 Å². The van der Waals surface area contributed by atoms with Gasteiger partial charge in [-0.1, -0.05) is 24.3 Å². The number of benzene rings is 2. The van der Waals surface area contributed by atoms with Crippen LogP contribution in [0.25, 0.3) is 17.5 Å². The second kappa shape index (κ2) is 8.84. The van der Waals surface area contributed by atoms with Crippen LogP contribution in [-0.2, 0) is 9.53 Å². The molecule has 3 aromatic rings. The minimum Gasteiger partial charge on any atom is -0.463 e. The van der Waals surface area contributed by atoms with Crippen molar-refractivity contribution in [3.8, 4) is 6.07 Å². The van der Waals surface area contributed by atoms with Crippen molar-refractivity contribution in [2.45, 2.75) is 12.8 Å². The van der Waals surface area contributed by atoms with Crippen LogP contribution in [0.15, 0.2) is 58.9 Å². The second-order valence-corrected chi connectivity index (χ2v) is 8.17. The van der Waals surface area contributed by atoms with Gasteiger partial charge in [0.2, 0.25) is 0 Å². The molecule has 2 N–H and O–H groups in total. The quantitative estimate of drug-likeness (QED) is 0.596. The Hall–Kier alpha value is -4.03. The molecule has 1 aliphatic heterocycles. The van der Waals surface area contributed by atoms with Gasteiger partial charge in [-0.3, -0.25) is 9.36 Å². The number of carbonyl (C=O) groups excluding carboxylic acids is 1. The van der Waals surface area contributed by atoms with Gasteiger partial charge in [0.1, 0.15) is 22.1 Å². The van der Waals surface area contributed by atoms with Crippen molar-refractivity contribution >= 4 is 34.8 Å². The molecule has 2 heterocycles. The highest BCUT2D eigenvalue weighted by Crippen LogP contribution is 2.36. The Morgan fingerprint density at radius 2 is 1.79 bits per heavy atom. The maximum atomic E-state index is 13.5. The summed E-state index contributed by atoms with van der Waals surface area (Å²) in [7, 11) is 0. The molecule has 1 aliphatic rings. The predicted octanol–water partition coefficient (Wildman–Crippen LogP) is 2.18. The first-order valence-electron chi connectivity index (χ1n) is 9.91. The lowest BCUT2D eigenvalue weighted by Crippen LogP contribution is -2.40. The lowest BCUT2D eigenvalue weighted by atomic mass is 9.84.